The number of rotatable bonds is 1. The van der Waals surface area contributed by atoms with Gasteiger partial charge in [0.2, 0.25) is 6.41 Å². The predicted molar refractivity (Wildman–Crippen MR) is 63.8 cm³/mol. The molecule has 1 aromatic heterocycles. The van der Waals surface area contributed by atoms with Crippen molar-refractivity contribution in [2.45, 2.75) is 0 Å². The molecule has 2 rings (SSSR count). The van der Waals surface area contributed by atoms with Crippen LogP contribution in [-0.4, -0.2) is 16.5 Å². The summed E-state index contributed by atoms with van der Waals surface area (Å²) in [6.45, 7) is 3.64. The van der Waals surface area contributed by atoms with Crippen LogP contribution in [0, 0.1) is 0 Å². The first-order valence-electron chi connectivity index (χ1n) is 4.59. The van der Waals surface area contributed by atoms with Gasteiger partial charge in [0.1, 0.15) is 5.75 Å². The van der Waals surface area contributed by atoms with Crippen LogP contribution in [0.1, 0.15) is 5.56 Å². The maximum Gasteiger partial charge on any atom is 0.204 e. The highest BCUT2D eigenvalue weighted by Gasteiger charge is 2.02. The summed E-state index contributed by atoms with van der Waals surface area (Å²) in [5.74, 6) is 0.223. The molecule has 0 bridgehead atoms. The van der Waals surface area contributed by atoms with Crippen molar-refractivity contribution in [2.24, 2.45) is 5.73 Å². The maximum atomic E-state index is 9.50. The number of carbonyl (C=O) groups is 1. The van der Waals surface area contributed by atoms with E-state index in [9.17, 15) is 5.11 Å². The molecule has 4 nitrogen and oxygen atoms in total. The zero-order valence-electron chi connectivity index (χ0n) is 8.63. The van der Waals surface area contributed by atoms with Gasteiger partial charge in [-0.1, -0.05) is 18.7 Å². The smallest absolute Gasteiger partial charge is 0.204 e. The molecule has 0 aliphatic rings. The van der Waals surface area contributed by atoms with E-state index in [1.807, 2.05) is 18.2 Å². The summed E-state index contributed by atoms with van der Waals surface area (Å²) < 4.78 is 0. The zero-order valence-corrected chi connectivity index (χ0v) is 8.63. The van der Waals surface area contributed by atoms with Gasteiger partial charge in [-0.15, -0.1) is 0 Å². The number of primary amides is 1. The summed E-state index contributed by atoms with van der Waals surface area (Å²) in [6.07, 6.45) is 3.57. The molecule has 0 aliphatic carbocycles. The summed E-state index contributed by atoms with van der Waals surface area (Å²) >= 11 is 0. The van der Waals surface area contributed by atoms with E-state index in [1.54, 1.807) is 18.3 Å². The molecule has 16 heavy (non-hydrogen) atoms. The molecule has 2 aromatic rings. The number of nitrogens with two attached hydrogens (primary N) is 1. The summed E-state index contributed by atoms with van der Waals surface area (Å²) in [4.78, 5) is 12.8. The first kappa shape index (κ1) is 11.7. The summed E-state index contributed by atoms with van der Waals surface area (Å²) in [7, 11) is 0. The van der Waals surface area contributed by atoms with Crippen molar-refractivity contribution in [3.63, 3.8) is 0 Å². The van der Waals surface area contributed by atoms with Gasteiger partial charge in [-0.25, -0.2) is 0 Å². The van der Waals surface area contributed by atoms with Crippen molar-refractivity contribution in [3.05, 3.63) is 42.6 Å². The second kappa shape index (κ2) is 5.50. The Kier molecular flexibility index (Phi) is 4.03. The van der Waals surface area contributed by atoms with Gasteiger partial charge in [0, 0.05) is 17.1 Å². The minimum absolute atomic E-state index is 0.223. The number of phenolic OH excluding ortho intramolecular Hbond substituents is 1. The number of carbonyl (C=O) groups excluding carboxylic acids is 1. The molecule has 4 heteroatoms. The Morgan fingerprint density at radius 3 is 2.69 bits per heavy atom. The van der Waals surface area contributed by atoms with Crippen molar-refractivity contribution < 1.29 is 9.90 Å². The standard InChI is InChI=1S/C11H9NO.CH3NO/c1-2-9-10(13)6-5-8-4-3-7-12-11(8)9;2-1-3/h2-7,13H,1H2;1H,(H2,2,3). The molecule has 0 atom stereocenters. The molecule has 0 aliphatic heterocycles. The van der Waals surface area contributed by atoms with Crippen molar-refractivity contribution in [1.82, 2.24) is 4.98 Å². The minimum atomic E-state index is 0.223. The van der Waals surface area contributed by atoms with Gasteiger partial charge in [0.15, 0.2) is 0 Å². The molecule has 82 valence electrons. The van der Waals surface area contributed by atoms with E-state index in [2.05, 4.69) is 17.3 Å². The largest absolute Gasteiger partial charge is 0.507 e. The fourth-order valence-corrected chi connectivity index (χ4v) is 1.36. The maximum absolute atomic E-state index is 9.50. The van der Waals surface area contributed by atoms with Gasteiger partial charge in [0.05, 0.1) is 5.52 Å². The quantitative estimate of drug-likeness (QED) is 0.712. The zero-order chi connectivity index (χ0) is 12.0. The number of hydrogen-bond acceptors (Lipinski definition) is 3. The minimum Gasteiger partial charge on any atom is -0.507 e. The number of hydrogen-bond donors (Lipinski definition) is 2. The van der Waals surface area contributed by atoms with Gasteiger partial charge in [-0.2, -0.15) is 0 Å². The van der Waals surface area contributed by atoms with Crippen LogP contribution < -0.4 is 5.73 Å². The molecule has 0 fully saturated rings. The van der Waals surface area contributed by atoms with Gasteiger partial charge in [0.25, 0.3) is 0 Å². The Bertz CT molecular complexity index is 509. The number of nitrogens with zero attached hydrogens (tertiary/aromatic N) is 1. The average molecular weight is 216 g/mol. The number of pyridine rings is 1. The van der Waals surface area contributed by atoms with Crippen LogP contribution in [0.5, 0.6) is 5.75 Å². The fraction of sp³-hybridized carbons (Fsp3) is 0. The number of phenols is 1. The number of amides is 1. The number of fused-ring (bicyclic) bond motifs is 1. The van der Waals surface area contributed by atoms with Crippen molar-refractivity contribution in [3.8, 4) is 5.75 Å². The van der Waals surface area contributed by atoms with Crippen molar-refractivity contribution >= 4 is 23.4 Å². The van der Waals surface area contributed by atoms with Crippen LogP contribution in [-0.2, 0) is 4.79 Å². The monoisotopic (exact) mass is 216 g/mol. The lowest BCUT2D eigenvalue weighted by Crippen LogP contribution is -1.82. The molecule has 0 radical (unpaired) electrons. The summed E-state index contributed by atoms with van der Waals surface area (Å²) in [6, 6.07) is 7.31. The molecular formula is C12H12N2O2. The third-order valence-electron chi connectivity index (χ3n) is 1.99. The highest BCUT2D eigenvalue weighted by atomic mass is 16.3. The lowest BCUT2D eigenvalue weighted by molar-refractivity contribution is -0.106. The van der Waals surface area contributed by atoms with Gasteiger partial charge >= 0.3 is 0 Å². The van der Waals surface area contributed by atoms with E-state index in [-0.39, 0.29) is 12.2 Å². The Hall–Kier alpha value is -2.36. The van der Waals surface area contributed by atoms with E-state index in [1.165, 1.54) is 0 Å². The normalized spacial score (nSPS) is 9.00. The molecule has 3 N–H and O–H groups in total. The van der Waals surface area contributed by atoms with Gasteiger partial charge in [-0.3, -0.25) is 9.78 Å². The lowest BCUT2D eigenvalue weighted by atomic mass is 10.1. The highest BCUT2D eigenvalue weighted by molar-refractivity contribution is 5.89. The van der Waals surface area contributed by atoms with Crippen LogP contribution in [0.15, 0.2) is 37.0 Å². The first-order chi connectivity index (χ1) is 7.74. The molecule has 1 heterocycles. The molecule has 0 spiro atoms. The van der Waals surface area contributed by atoms with Crippen LogP contribution in [0.4, 0.5) is 0 Å². The topological polar surface area (TPSA) is 76.2 Å². The third-order valence-corrected chi connectivity index (χ3v) is 1.99. The fourth-order valence-electron chi connectivity index (χ4n) is 1.36. The van der Waals surface area contributed by atoms with Crippen LogP contribution in [0.2, 0.25) is 0 Å². The van der Waals surface area contributed by atoms with Crippen LogP contribution in [0.3, 0.4) is 0 Å². The van der Waals surface area contributed by atoms with E-state index in [4.69, 9.17) is 4.79 Å². The van der Waals surface area contributed by atoms with E-state index < -0.39 is 0 Å². The van der Waals surface area contributed by atoms with E-state index in [0.717, 1.165) is 10.9 Å². The SMILES string of the molecule is C=Cc1c(O)ccc2cccnc12.NC=O. The second-order valence-electron chi connectivity index (χ2n) is 2.91. The van der Waals surface area contributed by atoms with E-state index in [0.29, 0.717) is 5.56 Å². The molecule has 1 amide bonds. The highest BCUT2D eigenvalue weighted by Crippen LogP contribution is 2.25. The van der Waals surface area contributed by atoms with E-state index >= 15 is 0 Å². The van der Waals surface area contributed by atoms with Crippen molar-refractivity contribution in [2.75, 3.05) is 0 Å². The van der Waals surface area contributed by atoms with Crippen LogP contribution >= 0.6 is 0 Å². The lowest BCUT2D eigenvalue weighted by Gasteiger charge is -2.02. The summed E-state index contributed by atoms with van der Waals surface area (Å²) in [5, 5.41) is 10.5. The van der Waals surface area contributed by atoms with Crippen molar-refractivity contribution in [1.29, 1.82) is 0 Å². The predicted octanol–water partition coefficient (Wildman–Crippen LogP) is 1.68. The van der Waals surface area contributed by atoms with Gasteiger partial charge in [-0.05, 0) is 18.2 Å². The third kappa shape index (κ3) is 2.36. The number of benzene rings is 1. The molecule has 1 aromatic carbocycles. The molecule has 0 unspecified atom stereocenters. The second-order valence-corrected chi connectivity index (χ2v) is 2.91. The van der Waals surface area contributed by atoms with Crippen LogP contribution in [0.25, 0.3) is 17.0 Å². The summed E-state index contributed by atoms with van der Waals surface area (Å²) in [5.41, 5.74) is 5.65. The molecule has 0 saturated heterocycles. The Morgan fingerprint density at radius 1 is 1.38 bits per heavy atom. The number of aromatic hydroxyl groups is 1. The Balaban J connectivity index is 0.000000386. The molecule has 0 saturated carbocycles. The average Bonchev–Trinajstić information content (AvgIpc) is 2.30. The Morgan fingerprint density at radius 2 is 2.06 bits per heavy atom. The Labute approximate surface area is 93.0 Å². The molecular weight excluding hydrogens is 204 g/mol. The first-order valence-corrected chi connectivity index (χ1v) is 4.59. The number of aromatic nitrogens is 1. The van der Waals surface area contributed by atoms with Gasteiger partial charge < -0.3 is 10.8 Å².